The summed E-state index contributed by atoms with van der Waals surface area (Å²) in [4.78, 5) is 10.6. The zero-order valence-electron chi connectivity index (χ0n) is 5.41. The fraction of sp³-hybridized carbons (Fsp3) is 0.571. The Morgan fingerprint density at radius 1 is 1.67 bits per heavy atom. The second-order valence-corrected chi connectivity index (χ2v) is 1.97. The second-order valence-electron chi connectivity index (χ2n) is 1.59. The number of halogens is 1. The first-order chi connectivity index (χ1) is 4.31. The van der Waals surface area contributed by atoms with Crippen LogP contribution in [0.1, 0.15) is 19.8 Å². The maximum absolute atomic E-state index is 10.6. The number of rotatable bonds is 3. The molecule has 0 spiro atoms. The number of carbonyl (C=O) groups excluding carboxylic acids is 1. The fourth-order valence-corrected chi connectivity index (χ4v) is 0.563. The van der Waals surface area contributed by atoms with Crippen molar-refractivity contribution >= 4 is 17.4 Å². The van der Waals surface area contributed by atoms with Gasteiger partial charge in [-0.15, -0.1) is 11.6 Å². The van der Waals surface area contributed by atoms with E-state index in [4.69, 9.17) is 11.6 Å². The first-order valence-corrected chi connectivity index (χ1v) is 3.36. The van der Waals surface area contributed by atoms with Gasteiger partial charge in [-0.1, -0.05) is 5.92 Å². The van der Waals surface area contributed by atoms with Crippen molar-refractivity contribution < 1.29 is 4.79 Å². The molecule has 0 rings (SSSR count). The molecule has 2 heteroatoms. The van der Waals surface area contributed by atoms with Crippen LogP contribution >= 0.6 is 11.6 Å². The van der Waals surface area contributed by atoms with Crippen LogP contribution in [0.25, 0.3) is 0 Å². The summed E-state index contributed by atoms with van der Waals surface area (Å²) < 4.78 is 0. The summed E-state index contributed by atoms with van der Waals surface area (Å²) in [6.07, 6.45) is 1.22. The molecule has 0 saturated heterocycles. The minimum Gasteiger partial charge on any atom is -0.285 e. The van der Waals surface area contributed by atoms with Crippen molar-refractivity contribution in [3.63, 3.8) is 0 Å². The van der Waals surface area contributed by atoms with Crippen LogP contribution < -0.4 is 0 Å². The maximum atomic E-state index is 10.6. The van der Waals surface area contributed by atoms with Gasteiger partial charge < -0.3 is 0 Å². The molecule has 0 aliphatic carbocycles. The Labute approximate surface area is 60.4 Å². The van der Waals surface area contributed by atoms with Crippen LogP contribution in [0.15, 0.2) is 0 Å². The number of hydrogen-bond donors (Lipinski definition) is 0. The van der Waals surface area contributed by atoms with Gasteiger partial charge in [-0.2, -0.15) is 0 Å². The number of carbonyl (C=O) groups is 1. The number of Topliss-reactive ketones (excluding diaryl/α,β-unsaturated/α-hetero) is 1. The van der Waals surface area contributed by atoms with Crippen LogP contribution in [0, 0.1) is 11.8 Å². The SMILES string of the molecule is CC#CC(=O)CCCCl. The summed E-state index contributed by atoms with van der Waals surface area (Å²) in [7, 11) is 0. The van der Waals surface area contributed by atoms with Crippen molar-refractivity contribution in [2.75, 3.05) is 5.88 Å². The lowest BCUT2D eigenvalue weighted by Gasteiger charge is -1.85. The Kier molecular flexibility index (Phi) is 5.35. The Morgan fingerprint density at radius 2 is 2.33 bits per heavy atom. The molecule has 0 bridgehead atoms. The normalized spacial score (nSPS) is 7.78. The fourth-order valence-electron chi connectivity index (χ4n) is 0.429. The van der Waals surface area contributed by atoms with Crippen LogP contribution in [0.2, 0.25) is 0 Å². The molecule has 0 atom stereocenters. The van der Waals surface area contributed by atoms with Gasteiger partial charge in [-0.05, 0) is 19.3 Å². The van der Waals surface area contributed by atoms with E-state index in [1.165, 1.54) is 0 Å². The summed E-state index contributed by atoms with van der Waals surface area (Å²) >= 11 is 5.35. The molecule has 50 valence electrons. The van der Waals surface area contributed by atoms with Crippen LogP contribution in [0.5, 0.6) is 0 Å². The van der Waals surface area contributed by atoms with E-state index < -0.39 is 0 Å². The summed E-state index contributed by atoms with van der Waals surface area (Å²) in [6, 6.07) is 0. The molecule has 0 saturated carbocycles. The molecule has 0 aromatic rings. The average Bonchev–Trinajstić information content (AvgIpc) is 1.85. The highest BCUT2D eigenvalue weighted by atomic mass is 35.5. The summed E-state index contributed by atoms with van der Waals surface area (Å²) in [5, 5.41) is 0. The van der Waals surface area contributed by atoms with Gasteiger partial charge in [-0.3, -0.25) is 4.79 Å². The third-order valence-corrected chi connectivity index (χ3v) is 1.07. The highest BCUT2D eigenvalue weighted by Gasteiger charge is 1.93. The van der Waals surface area contributed by atoms with E-state index in [2.05, 4.69) is 11.8 Å². The quantitative estimate of drug-likeness (QED) is 0.334. The molecule has 0 amide bonds. The number of ketones is 1. The number of hydrogen-bond acceptors (Lipinski definition) is 1. The molecular weight excluding hydrogens is 136 g/mol. The molecule has 9 heavy (non-hydrogen) atoms. The van der Waals surface area contributed by atoms with Crippen LogP contribution in [0.4, 0.5) is 0 Å². The highest BCUT2D eigenvalue weighted by Crippen LogP contribution is 1.91. The third kappa shape index (κ3) is 5.39. The molecule has 0 aromatic carbocycles. The van der Waals surface area contributed by atoms with E-state index in [1.807, 2.05) is 0 Å². The highest BCUT2D eigenvalue weighted by molar-refractivity contribution is 6.18. The van der Waals surface area contributed by atoms with Gasteiger partial charge in [0.15, 0.2) is 0 Å². The molecule has 1 nitrogen and oxygen atoms in total. The van der Waals surface area contributed by atoms with Gasteiger partial charge in [0, 0.05) is 12.3 Å². The Bertz CT molecular complexity index is 141. The van der Waals surface area contributed by atoms with E-state index in [1.54, 1.807) is 6.92 Å². The summed E-state index contributed by atoms with van der Waals surface area (Å²) in [5.41, 5.74) is 0. The van der Waals surface area contributed by atoms with Crippen molar-refractivity contribution in [2.24, 2.45) is 0 Å². The van der Waals surface area contributed by atoms with Gasteiger partial charge in [0.1, 0.15) is 0 Å². The monoisotopic (exact) mass is 144 g/mol. The van der Waals surface area contributed by atoms with Crippen molar-refractivity contribution in [3.05, 3.63) is 0 Å². The molecule has 0 heterocycles. The van der Waals surface area contributed by atoms with E-state index >= 15 is 0 Å². The van der Waals surface area contributed by atoms with Crippen molar-refractivity contribution in [3.8, 4) is 11.8 Å². The van der Waals surface area contributed by atoms with Crippen molar-refractivity contribution in [1.82, 2.24) is 0 Å². The van der Waals surface area contributed by atoms with Gasteiger partial charge in [0.25, 0.3) is 0 Å². The topological polar surface area (TPSA) is 17.1 Å². The molecule has 0 radical (unpaired) electrons. The molecule has 0 aliphatic rings. The number of alkyl halides is 1. The molecule has 0 fully saturated rings. The van der Waals surface area contributed by atoms with Gasteiger partial charge in [0.05, 0.1) is 0 Å². The Morgan fingerprint density at radius 3 is 2.78 bits per heavy atom. The zero-order chi connectivity index (χ0) is 7.11. The predicted molar refractivity (Wildman–Crippen MR) is 38.4 cm³/mol. The van der Waals surface area contributed by atoms with Gasteiger partial charge >= 0.3 is 0 Å². The molecule has 0 N–H and O–H groups in total. The van der Waals surface area contributed by atoms with E-state index in [-0.39, 0.29) is 5.78 Å². The second kappa shape index (κ2) is 5.65. The van der Waals surface area contributed by atoms with Crippen LogP contribution in [0.3, 0.4) is 0 Å². The molecular formula is C7H9ClO. The minimum absolute atomic E-state index is 0.0156. The Balaban J connectivity index is 3.35. The van der Waals surface area contributed by atoms with E-state index in [9.17, 15) is 4.79 Å². The van der Waals surface area contributed by atoms with Crippen LogP contribution in [-0.2, 0) is 4.79 Å². The third-order valence-electron chi connectivity index (χ3n) is 0.802. The smallest absolute Gasteiger partial charge is 0.205 e. The van der Waals surface area contributed by atoms with Crippen molar-refractivity contribution in [2.45, 2.75) is 19.8 Å². The summed E-state index contributed by atoms with van der Waals surface area (Å²) in [6.45, 7) is 1.65. The maximum Gasteiger partial charge on any atom is 0.205 e. The lowest BCUT2D eigenvalue weighted by Crippen LogP contribution is -1.92. The first-order valence-electron chi connectivity index (χ1n) is 2.82. The molecule has 0 unspecified atom stereocenters. The van der Waals surface area contributed by atoms with Crippen LogP contribution in [-0.4, -0.2) is 11.7 Å². The Hall–Kier alpha value is -0.480. The average molecular weight is 145 g/mol. The summed E-state index contributed by atoms with van der Waals surface area (Å²) in [5.74, 6) is 5.49. The minimum atomic E-state index is -0.0156. The lowest BCUT2D eigenvalue weighted by atomic mass is 10.2. The van der Waals surface area contributed by atoms with Gasteiger partial charge in [0.2, 0.25) is 5.78 Å². The van der Waals surface area contributed by atoms with E-state index in [0.29, 0.717) is 12.3 Å². The van der Waals surface area contributed by atoms with E-state index in [0.717, 1.165) is 6.42 Å². The predicted octanol–water partition coefficient (Wildman–Crippen LogP) is 1.60. The zero-order valence-corrected chi connectivity index (χ0v) is 6.16. The van der Waals surface area contributed by atoms with Gasteiger partial charge in [-0.25, -0.2) is 0 Å². The van der Waals surface area contributed by atoms with Crippen molar-refractivity contribution in [1.29, 1.82) is 0 Å². The molecule has 0 aliphatic heterocycles. The largest absolute Gasteiger partial charge is 0.285 e. The first kappa shape index (κ1) is 8.52. The lowest BCUT2D eigenvalue weighted by molar-refractivity contribution is -0.113. The molecule has 0 aromatic heterocycles. The standard InChI is InChI=1S/C7H9ClO/c1-2-4-7(9)5-3-6-8/h3,5-6H2,1H3.